The van der Waals surface area contributed by atoms with Crippen molar-refractivity contribution in [2.75, 3.05) is 0 Å². The van der Waals surface area contributed by atoms with E-state index in [4.69, 9.17) is 0 Å². The van der Waals surface area contributed by atoms with E-state index in [-0.39, 0.29) is 12.1 Å². The number of hydrogen-bond acceptors (Lipinski definition) is 1. The molecule has 0 radical (unpaired) electrons. The Morgan fingerprint density at radius 2 is 1.78 bits per heavy atom. The Bertz CT molecular complexity index is 1380. The molecule has 0 fully saturated rings. The van der Waals surface area contributed by atoms with Crippen LogP contribution in [0, 0.1) is 0 Å². The number of hydrogen-bond donors (Lipinski definition) is 1. The third-order valence-electron chi connectivity index (χ3n) is 5.38. The van der Waals surface area contributed by atoms with Crippen molar-refractivity contribution in [2.24, 2.45) is 0 Å². The highest BCUT2D eigenvalue weighted by molar-refractivity contribution is 6.08. The monoisotopic (exact) mass is 435 g/mol. The minimum atomic E-state index is -4.46. The largest absolute Gasteiger partial charge is 0.478 e. The molecule has 0 unspecified atom stereocenters. The molecule has 1 N–H and O–H groups in total. The highest BCUT2D eigenvalue weighted by Crippen LogP contribution is 2.36. The normalized spacial score (nSPS) is 12.8. The summed E-state index contributed by atoms with van der Waals surface area (Å²) in [6, 6.07) is 18.7. The lowest BCUT2D eigenvalue weighted by Gasteiger charge is -2.12. The number of rotatable bonds is 5. The molecule has 0 aliphatic carbocycles. The van der Waals surface area contributed by atoms with E-state index in [1.807, 2.05) is 47.0 Å². The second-order valence-electron chi connectivity index (χ2n) is 7.40. The zero-order valence-corrected chi connectivity index (χ0v) is 17.2. The molecule has 1 heterocycles. The first-order valence-electron chi connectivity index (χ1n) is 10.0. The minimum Gasteiger partial charge on any atom is -0.478 e. The van der Waals surface area contributed by atoms with E-state index in [1.165, 1.54) is 12.1 Å². The van der Waals surface area contributed by atoms with Crippen LogP contribution >= 0.6 is 0 Å². The Labute approximate surface area is 182 Å². The van der Waals surface area contributed by atoms with Gasteiger partial charge in [-0.1, -0.05) is 60.7 Å². The van der Waals surface area contributed by atoms with Crippen LogP contribution in [0.1, 0.15) is 12.5 Å². The molecule has 4 rings (SSSR count). The number of aromatic nitrogens is 1. The Hall–Kier alpha value is -3.80. The van der Waals surface area contributed by atoms with Gasteiger partial charge in [0.05, 0.1) is 11.1 Å². The number of fused-ring (bicyclic) bond motifs is 3. The van der Waals surface area contributed by atoms with Gasteiger partial charge in [0, 0.05) is 23.1 Å². The van der Waals surface area contributed by atoms with Crippen LogP contribution in [0.4, 0.5) is 13.2 Å². The van der Waals surface area contributed by atoms with Crippen molar-refractivity contribution in [3.63, 3.8) is 0 Å². The zero-order valence-electron chi connectivity index (χ0n) is 17.2. The van der Waals surface area contributed by atoms with Gasteiger partial charge in [0.15, 0.2) is 0 Å². The molecular formula is C26H20F3NO2. The van der Waals surface area contributed by atoms with E-state index >= 15 is 0 Å². The highest BCUT2D eigenvalue weighted by Gasteiger charge is 2.30. The number of alkyl halides is 3. The molecule has 0 amide bonds. The van der Waals surface area contributed by atoms with Crippen LogP contribution in [0.5, 0.6) is 0 Å². The first kappa shape index (κ1) is 21.4. The van der Waals surface area contributed by atoms with Crippen molar-refractivity contribution in [3.05, 3.63) is 96.1 Å². The molecule has 32 heavy (non-hydrogen) atoms. The molecule has 0 saturated heterocycles. The van der Waals surface area contributed by atoms with E-state index in [1.54, 1.807) is 25.1 Å². The lowest BCUT2D eigenvalue weighted by Crippen LogP contribution is -2.06. The third kappa shape index (κ3) is 4.04. The summed E-state index contributed by atoms with van der Waals surface area (Å²) >= 11 is 0. The second-order valence-corrected chi connectivity index (χ2v) is 7.40. The first-order valence-corrected chi connectivity index (χ1v) is 10.0. The molecule has 6 heteroatoms. The molecule has 0 bridgehead atoms. The van der Waals surface area contributed by atoms with Crippen molar-refractivity contribution in [1.82, 2.24) is 4.57 Å². The van der Waals surface area contributed by atoms with Gasteiger partial charge in [0.25, 0.3) is 0 Å². The number of allylic oxidation sites excluding steroid dienone is 2. The summed E-state index contributed by atoms with van der Waals surface area (Å²) in [5.41, 5.74) is 1.20. The summed E-state index contributed by atoms with van der Waals surface area (Å²) in [7, 11) is 0. The van der Waals surface area contributed by atoms with Crippen molar-refractivity contribution >= 4 is 27.6 Å². The molecular weight excluding hydrogens is 415 g/mol. The smallest absolute Gasteiger partial charge is 0.416 e. The average molecular weight is 435 g/mol. The molecule has 0 spiro atoms. The summed E-state index contributed by atoms with van der Waals surface area (Å²) in [5.74, 6) is -1.06. The van der Waals surface area contributed by atoms with Crippen LogP contribution in [-0.2, 0) is 17.5 Å². The molecule has 0 atom stereocenters. The van der Waals surface area contributed by atoms with Gasteiger partial charge in [-0.05, 0) is 47.5 Å². The van der Waals surface area contributed by atoms with Crippen LogP contribution in [0.2, 0.25) is 0 Å². The zero-order chi connectivity index (χ0) is 22.9. The number of carbonyl (C=O) groups is 1. The molecule has 0 aliphatic heterocycles. The Morgan fingerprint density at radius 1 is 1.00 bits per heavy atom. The van der Waals surface area contributed by atoms with E-state index in [0.29, 0.717) is 11.3 Å². The molecule has 3 aromatic carbocycles. The van der Waals surface area contributed by atoms with Crippen LogP contribution < -0.4 is 0 Å². The fourth-order valence-electron chi connectivity index (χ4n) is 3.90. The van der Waals surface area contributed by atoms with Gasteiger partial charge in [0.1, 0.15) is 0 Å². The quantitative estimate of drug-likeness (QED) is 0.269. The summed E-state index contributed by atoms with van der Waals surface area (Å²) in [6.45, 7) is 1.92. The molecule has 1 aromatic heterocycles. The van der Waals surface area contributed by atoms with Crippen molar-refractivity contribution in [2.45, 2.75) is 19.6 Å². The average Bonchev–Trinajstić information content (AvgIpc) is 3.15. The van der Waals surface area contributed by atoms with Gasteiger partial charge in [-0.15, -0.1) is 0 Å². The van der Waals surface area contributed by atoms with Crippen molar-refractivity contribution < 1.29 is 23.1 Å². The summed E-state index contributed by atoms with van der Waals surface area (Å²) in [5, 5.41) is 12.3. The number of carboxylic acid groups (broad SMARTS) is 1. The van der Waals surface area contributed by atoms with Crippen LogP contribution in [0.15, 0.2) is 90.5 Å². The van der Waals surface area contributed by atoms with Crippen LogP contribution in [0.25, 0.3) is 32.9 Å². The molecule has 0 aliphatic rings. The van der Waals surface area contributed by atoms with Crippen molar-refractivity contribution in [3.8, 4) is 11.3 Å². The molecule has 0 saturated carbocycles. The maximum absolute atomic E-state index is 13.3. The second kappa shape index (κ2) is 8.38. The summed E-state index contributed by atoms with van der Waals surface area (Å²) < 4.78 is 41.9. The minimum absolute atomic E-state index is 0.116. The standard InChI is InChI=1S/C26H20F3NO2/c1-2-6-18(25(31)32)13-14-30-23-12-11-17-7-3-4-10-21(17)22(23)16-24(30)19-8-5-9-20(15-19)26(27,28)29/h2-13,15-16H,14H2,1H3,(H,31,32)/b6-2-,18-13+. The maximum atomic E-state index is 13.3. The van der Waals surface area contributed by atoms with Crippen molar-refractivity contribution in [1.29, 1.82) is 0 Å². The van der Waals surface area contributed by atoms with Gasteiger partial charge in [-0.2, -0.15) is 13.2 Å². The van der Waals surface area contributed by atoms with Gasteiger partial charge >= 0.3 is 12.1 Å². The lowest BCUT2D eigenvalue weighted by molar-refractivity contribution is -0.137. The maximum Gasteiger partial charge on any atom is 0.416 e. The summed E-state index contributed by atoms with van der Waals surface area (Å²) in [4.78, 5) is 11.5. The fraction of sp³-hybridized carbons (Fsp3) is 0.115. The van der Waals surface area contributed by atoms with E-state index in [0.717, 1.165) is 33.8 Å². The number of aliphatic carboxylic acids is 1. The summed E-state index contributed by atoms with van der Waals surface area (Å²) in [6.07, 6.45) is 0.234. The number of benzene rings is 3. The highest BCUT2D eigenvalue weighted by atomic mass is 19.4. The predicted molar refractivity (Wildman–Crippen MR) is 120 cm³/mol. The van der Waals surface area contributed by atoms with Gasteiger partial charge in [-0.25, -0.2) is 4.79 Å². The Kier molecular flexibility index (Phi) is 5.61. The SMILES string of the molecule is C/C=C\C(=C/Cn1c(-c2cccc(C(F)(F)F)c2)cc2c3ccccc3ccc21)C(=O)O. The Morgan fingerprint density at radius 3 is 2.50 bits per heavy atom. The molecule has 4 aromatic rings. The number of nitrogens with zero attached hydrogens (tertiary/aromatic N) is 1. The van der Waals surface area contributed by atoms with E-state index in [2.05, 4.69) is 0 Å². The fourth-order valence-corrected chi connectivity index (χ4v) is 3.90. The van der Waals surface area contributed by atoms with E-state index < -0.39 is 17.7 Å². The predicted octanol–water partition coefficient (Wildman–Crippen LogP) is 7.07. The van der Waals surface area contributed by atoms with E-state index in [9.17, 15) is 23.1 Å². The van der Waals surface area contributed by atoms with Crippen LogP contribution in [-0.4, -0.2) is 15.6 Å². The molecule has 3 nitrogen and oxygen atoms in total. The lowest BCUT2D eigenvalue weighted by atomic mass is 10.1. The topological polar surface area (TPSA) is 42.2 Å². The number of halogens is 3. The van der Waals surface area contributed by atoms with Crippen LogP contribution in [0.3, 0.4) is 0 Å². The first-order chi connectivity index (χ1) is 15.3. The van der Waals surface area contributed by atoms with Gasteiger partial charge in [0.2, 0.25) is 0 Å². The van der Waals surface area contributed by atoms with Gasteiger partial charge < -0.3 is 9.67 Å². The Balaban J connectivity index is 1.97. The van der Waals surface area contributed by atoms with Gasteiger partial charge in [-0.3, -0.25) is 0 Å². The third-order valence-corrected chi connectivity index (χ3v) is 5.38. The number of carboxylic acids is 1. The molecule has 162 valence electrons.